The second-order valence-electron chi connectivity index (χ2n) is 5.76. The number of oxazole rings is 1. The van der Waals surface area contributed by atoms with Gasteiger partial charge in [0, 0.05) is 16.6 Å². The van der Waals surface area contributed by atoms with Gasteiger partial charge in [-0.2, -0.15) is 0 Å². The summed E-state index contributed by atoms with van der Waals surface area (Å²) in [4.78, 5) is 23.8. The van der Waals surface area contributed by atoms with Crippen LogP contribution >= 0.6 is 11.3 Å². The van der Waals surface area contributed by atoms with Gasteiger partial charge in [0.15, 0.2) is 11.4 Å². The van der Waals surface area contributed by atoms with Crippen LogP contribution < -0.4 is 11.1 Å². The molecule has 6 nitrogen and oxygen atoms in total. The number of anilines is 2. The first-order chi connectivity index (χ1) is 12.8. The van der Waals surface area contributed by atoms with Crippen LogP contribution in [0.4, 0.5) is 11.5 Å². The van der Waals surface area contributed by atoms with Crippen molar-refractivity contribution in [2.75, 3.05) is 5.32 Å². The molecule has 0 aliphatic heterocycles. The fourth-order valence-electron chi connectivity index (χ4n) is 2.85. The van der Waals surface area contributed by atoms with Gasteiger partial charge >= 0.3 is 5.76 Å². The average Bonchev–Trinajstić information content (AvgIpc) is 3.25. The third-order valence-corrected chi connectivity index (χ3v) is 5.23. The number of fused-ring (bicyclic) bond motifs is 2. The largest absolute Gasteiger partial charge is 0.417 e. The number of aromatic nitrogens is 3. The number of aromatic amines is 1. The Morgan fingerprint density at radius 1 is 1.04 bits per heavy atom. The smallest absolute Gasteiger partial charge is 0.408 e. The molecule has 0 saturated carbocycles. The van der Waals surface area contributed by atoms with E-state index in [1.54, 1.807) is 29.8 Å². The molecule has 126 valence electrons. The van der Waals surface area contributed by atoms with E-state index in [1.165, 1.54) is 0 Å². The normalized spacial score (nSPS) is 11.2. The lowest BCUT2D eigenvalue weighted by Crippen LogP contribution is -1.94. The van der Waals surface area contributed by atoms with Crippen molar-refractivity contribution in [3.63, 3.8) is 0 Å². The van der Waals surface area contributed by atoms with E-state index in [-0.39, 0.29) is 0 Å². The van der Waals surface area contributed by atoms with Crippen LogP contribution in [0.2, 0.25) is 0 Å². The summed E-state index contributed by atoms with van der Waals surface area (Å²) in [5.74, 6) is 0.256. The maximum Gasteiger partial charge on any atom is 0.417 e. The van der Waals surface area contributed by atoms with E-state index in [2.05, 4.69) is 38.5 Å². The van der Waals surface area contributed by atoms with Crippen LogP contribution in [0.3, 0.4) is 0 Å². The summed E-state index contributed by atoms with van der Waals surface area (Å²) < 4.78 is 6.09. The van der Waals surface area contributed by atoms with Gasteiger partial charge in [-0.25, -0.2) is 14.8 Å². The molecule has 2 N–H and O–H groups in total. The van der Waals surface area contributed by atoms with Crippen molar-refractivity contribution in [2.24, 2.45) is 0 Å². The maximum atomic E-state index is 11.3. The van der Waals surface area contributed by atoms with Crippen LogP contribution in [0.1, 0.15) is 0 Å². The van der Waals surface area contributed by atoms with E-state index in [9.17, 15) is 4.79 Å². The van der Waals surface area contributed by atoms with Gasteiger partial charge < -0.3 is 9.73 Å². The summed E-state index contributed by atoms with van der Waals surface area (Å²) >= 11 is 1.64. The van der Waals surface area contributed by atoms with Gasteiger partial charge in [-0.1, -0.05) is 30.3 Å². The molecule has 0 bridgehead atoms. The van der Waals surface area contributed by atoms with Gasteiger partial charge in [0.25, 0.3) is 0 Å². The van der Waals surface area contributed by atoms with Gasteiger partial charge in [0.1, 0.15) is 6.33 Å². The highest BCUT2D eigenvalue weighted by atomic mass is 32.1. The zero-order chi connectivity index (χ0) is 17.5. The number of hydrogen-bond acceptors (Lipinski definition) is 6. The number of nitrogens with zero attached hydrogens (tertiary/aromatic N) is 2. The summed E-state index contributed by atoms with van der Waals surface area (Å²) in [5, 5.41) is 3.30. The minimum absolute atomic E-state index is 0.465. The highest BCUT2D eigenvalue weighted by molar-refractivity contribution is 7.22. The van der Waals surface area contributed by atoms with Crippen molar-refractivity contribution in [1.29, 1.82) is 0 Å². The fraction of sp³-hybridized carbons (Fsp3) is 0. The molecule has 7 heteroatoms. The van der Waals surface area contributed by atoms with Crippen LogP contribution in [0.5, 0.6) is 0 Å². The first kappa shape index (κ1) is 14.9. The lowest BCUT2D eigenvalue weighted by molar-refractivity contribution is 0.555. The van der Waals surface area contributed by atoms with Crippen molar-refractivity contribution < 1.29 is 4.42 Å². The summed E-state index contributed by atoms with van der Waals surface area (Å²) in [6.07, 6.45) is 1.54. The van der Waals surface area contributed by atoms with Gasteiger partial charge in [0.05, 0.1) is 15.7 Å². The SMILES string of the molecule is O=c1[nH]c2ccc(Nc3ncnc4cc(-c5ccccc5)sc34)cc2o1. The van der Waals surface area contributed by atoms with Crippen molar-refractivity contribution in [1.82, 2.24) is 15.0 Å². The van der Waals surface area contributed by atoms with Crippen LogP contribution in [-0.4, -0.2) is 15.0 Å². The Hall–Kier alpha value is -3.45. The zero-order valence-electron chi connectivity index (χ0n) is 13.4. The molecule has 0 spiro atoms. The second kappa shape index (κ2) is 5.82. The number of nitrogens with one attached hydrogen (secondary N) is 2. The molecule has 3 aromatic heterocycles. The predicted molar refractivity (Wildman–Crippen MR) is 103 cm³/mol. The van der Waals surface area contributed by atoms with E-state index >= 15 is 0 Å². The van der Waals surface area contributed by atoms with Crippen molar-refractivity contribution in [3.05, 3.63) is 71.5 Å². The number of rotatable bonds is 3. The molecule has 3 heterocycles. The maximum absolute atomic E-state index is 11.3. The topological polar surface area (TPSA) is 83.8 Å². The van der Waals surface area contributed by atoms with Gasteiger partial charge in [-0.3, -0.25) is 4.98 Å². The Kier molecular flexibility index (Phi) is 3.32. The average molecular weight is 360 g/mol. The van der Waals surface area contributed by atoms with E-state index < -0.39 is 5.76 Å². The Morgan fingerprint density at radius 2 is 1.92 bits per heavy atom. The lowest BCUT2D eigenvalue weighted by Gasteiger charge is -2.05. The van der Waals surface area contributed by atoms with Crippen LogP contribution in [0.25, 0.3) is 31.8 Å². The first-order valence-corrected chi connectivity index (χ1v) is 8.78. The van der Waals surface area contributed by atoms with Crippen LogP contribution in [-0.2, 0) is 0 Å². The van der Waals surface area contributed by atoms with E-state index in [1.807, 2.05) is 24.3 Å². The predicted octanol–water partition coefficient (Wildman–Crippen LogP) is 4.54. The molecule has 0 aliphatic carbocycles. The van der Waals surface area contributed by atoms with Crippen LogP contribution in [0, 0.1) is 0 Å². The molecule has 2 aromatic carbocycles. The number of hydrogen-bond donors (Lipinski definition) is 2. The van der Waals surface area contributed by atoms with E-state index in [0.717, 1.165) is 32.2 Å². The summed E-state index contributed by atoms with van der Waals surface area (Å²) in [6, 6.07) is 17.7. The van der Waals surface area contributed by atoms with Gasteiger partial charge in [-0.15, -0.1) is 11.3 Å². The Morgan fingerprint density at radius 3 is 2.81 bits per heavy atom. The second-order valence-corrected chi connectivity index (χ2v) is 6.82. The molecule has 0 amide bonds. The molecule has 0 radical (unpaired) electrons. The Balaban J connectivity index is 1.57. The quantitative estimate of drug-likeness (QED) is 0.494. The molecule has 26 heavy (non-hydrogen) atoms. The third-order valence-electron chi connectivity index (χ3n) is 4.05. The monoisotopic (exact) mass is 360 g/mol. The van der Waals surface area contributed by atoms with E-state index in [0.29, 0.717) is 11.1 Å². The standard InChI is InChI=1S/C19H12N4O2S/c24-19-23-13-7-6-12(8-15(13)25-19)22-18-17-14(20-10-21-18)9-16(26-17)11-4-2-1-3-5-11/h1-10H,(H,23,24)(H,20,21,22). The number of thiophene rings is 1. The zero-order valence-corrected chi connectivity index (χ0v) is 14.2. The summed E-state index contributed by atoms with van der Waals surface area (Å²) in [5.41, 5.74) is 3.99. The number of H-pyrrole nitrogens is 1. The van der Waals surface area contributed by atoms with Crippen molar-refractivity contribution in [3.8, 4) is 10.4 Å². The van der Waals surface area contributed by atoms with Crippen molar-refractivity contribution in [2.45, 2.75) is 0 Å². The highest BCUT2D eigenvalue weighted by Gasteiger charge is 2.11. The number of benzene rings is 2. The van der Waals surface area contributed by atoms with Gasteiger partial charge in [0.2, 0.25) is 0 Å². The molecule has 0 saturated heterocycles. The summed E-state index contributed by atoms with van der Waals surface area (Å²) in [6.45, 7) is 0. The molecular weight excluding hydrogens is 348 g/mol. The van der Waals surface area contributed by atoms with E-state index in [4.69, 9.17) is 4.42 Å². The van der Waals surface area contributed by atoms with Gasteiger partial charge in [-0.05, 0) is 23.8 Å². The van der Waals surface area contributed by atoms with Crippen LogP contribution in [0.15, 0.2) is 70.1 Å². The molecular formula is C19H12N4O2S. The molecule has 0 unspecified atom stereocenters. The summed E-state index contributed by atoms with van der Waals surface area (Å²) in [7, 11) is 0. The molecule has 0 atom stereocenters. The van der Waals surface area contributed by atoms with Crippen molar-refractivity contribution >= 4 is 44.2 Å². The fourth-order valence-corrected chi connectivity index (χ4v) is 3.91. The minimum atomic E-state index is -0.465. The molecule has 0 aliphatic rings. The lowest BCUT2D eigenvalue weighted by atomic mass is 10.2. The first-order valence-electron chi connectivity index (χ1n) is 7.96. The Labute approximate surface area is 151 Å². The highest BCUT2D eigenvalue weighted by Crippen LogP contribution is 2.36. The molecule has 5 aromatic rings. The third kappa shape index (κ3) is 2.55. The molecule has 5 rings (SSSR count). The Bertz CT molecular complexity index is 1290. The minimum Gasteiger partial charge on any atom is -0.408 e. The molecule has 0 fully saturated rings.